The quantitative estimate of drug-likeness (QED) is 0.710. The Morgan fingerprint density at radius 1 is 1.54 bits per heavy atom. The van der Waals surface area contributed by atoms with E-state index in [2.05, 4.69) is 17.9 Å². The molecule has 0 spiro atoms. The van der Waals surface area contributed by atoms with Gasteiger partial charge in [0.1, 0.15) is 5.75 Å². The molecule has 4 heteroatoms. The average molecular weight is 197 g/mol. The van der Waals surface area contributed by atoms with Gasteiger partial charge in [0.2, 0.25) is 0 Å². The summed E-state index contributed by atoms with van der Waals surface area (Å²) in [4.78, 5) is 10.9. The minimum atomic E-state index is -0.464. The van der Waals surface area contributed by atoms with Crippen molar-refractivity contribution in [3.05, 3.63) is 29.8 Å². The van der Waals surface area contributed by atoms with Crippen LogP contribution in [0.25, 0.3) is 0 Å². The Kier molecular flexibility index (Phi) is 3.64. The van der Waals surface area contributed by atoms with Crippen LogP contribution in [0.15, 0.2) is 24.3 Å². The molecule has 70 valence electrons. The SMILES string of the molecule is CNC(=O)Oc1ccccc1CS. The summed E-state index contributed by atoms with van der Waals surface area (Å²) < 4.78 is 4.99. The Labute approximate surface area is 82.5 Å². The second-order valence-corrected chi connectivity index (χ2v) is 2.72. The first kappa shape index (κ1) is 9.92. The van der Waals surface area contributed by atoms with Crippen molar-refractivity contribution in [3.63, 3.8) is 0 Å². The molecule has 0 unspecified atom stereocenters. The van der Waals surface area contributed by atoms with Gasteiger partial charge >= 0.3 is 6.09 Å². The van der Waals surface area contributed by atoms with Gasteiger partial charge in [-0.25, -0.2) is 4.79 Å². The standard InChI is InChI=1S/C9H11NO2S/c1-10-9(11)12-8-5-3-2-4-7(8)6-13/h2-5,13H,6H2,1H3,(H,10,11). The fourth-order valence-electron chi connectivity index (χ4n) is 0.885. The van der Waals surface area contributed by atoms with Gasteiger partial charge < -0.3 is 10.1 Å². The van der Waals surface area contributed by atoms with Gasteiger partial charge in [0, 0.05) is 18.4 Å². The van der Waals surface area contributed by atoms with Crippen LogP contribution in [0.3, 0.4) is 0 Å². The van der Waals surface area contributed by atoms with Crippen molar-refractivity contribution < 1.29 is 9.53 Å². The Morgan fingerprint density at radius 3 is 2.85 bits per heavy atom. The third-order valence-electron chi connectivity index (χ3n) is 1.55. The molecule has 1 aromatic rings. The lowest BCUT2D eigenvalue weighted by atomic mass is 10.2. The smallest absolute Gasteiger partial charge is 0.410 e. The van der Waals surface area contributed by atoms with E-state index in [1.807, 2.05) is 18.2 Å². The third-order valence-corrected chi connectivity index (χ3v) is 1.89. The lowest BCUT2D eigenvalue weighted by Gasteiger charge is -2.06. The molecule has 1 N–H and O–H groups in total. The summed E-state index contributed by atoms with van der Waals surface area (Å²) in [7, 11) is 1.52. The van der Waals surface area contributed by atoms with Gasteiger partial charge in [-0.2, -0.15) is 12.6 Å². The summed E-state index contributed by atoms with van der Waals surface area (Å²) in [5, 5.41) is 2.38. The Balaban J connectivity index is 2.81. The molecular weight excluding hydrogens is 186 g/mol. The summed E-state index contributed by atoms with van der Waals surface area (Å²) in [5.41, 5.74) is 0.898. The number of para-hydroxylation sites is 1. The van der Waals surface area contributed by atoms with Gasteiger partial charge in [-0.05, 0) is 6.07 Å². The van der Waals surface area contributed by atoms with E-state index in [9.17, 15) is 4.79 Å². The maximum Gasteiger partial charge on any atom is 0.412 e. The molecule has 0 heterocycles. The molecule has 0 aliphatic heterocycles. The van der Waals surface area contributed by atoms with E-state index in [4.69, 9.17) is 4.74 Å². The molecule has 0 aromatic heterocycles. The van der Waals surface area contributed by atoms with Crippen LogP contribution in [0.2, 0.25) is 0 Å². The largest absolute Gasteiger partial charge is 0.412 e. The van der Waals surface area contributed by atoms with Crippen molar-refractivity contribution in [2.24, 2.45) is 0 Å². The maximum absolute atomic E-state index is 10.9. The molecular formula is C9H11NO2S. The van der Waals surface area contributed by atoms with Crippen molar-refractivity contribution >= 4 is 18.7 Å². The zero-order valence-electron chi connectivity index (χ0n) is 7.28. The number of carbonyl (C=O) groups is 1. The molecule has 0 radical (unpaired) electrons. The van der Waals surface area contributed by atoms with Crippen molar-refractivity contribution in [1.29, 1.82) is 0 Å². The van der Waals surface area contributed by atoms with Gasteiger partial charge in [-0.15, -0.1) is 0 Å². The third kappa shape index (κ3) is 2.66. The Hall–Kier alpha value is -1.16. The van der Waals surface area contributed by atoms with Gasteiger partial charge in [0.25, 0.3) is 0 Å². The predicted octanol–water partition coefficient (Wildman–Crippen LogP) is 1.83. The van der Waals surface area contributed by atoms with Crippen LogP contribution >= 0.6 is 12.6 Å². The van der Waals surface area contributed by atoms with Crippen molar-refractivity contribution in [2.45, 2.75) is 5.75 Å². The first-order valence-corrected chi connectivity index (χ1v) is 4.49. The number of rotatable bonds is 2. The predicted molar refractivity (Wildman–Crippen MR) is 54.2 cm³/mol. The normalized spacial score (nSPS) is 9.38. The van der Waals surface area contributed by atoms with Crippen LogP contribution in [0.4, 0.5) is 4.79 Å². The minimum Gasteiger partial charge on any atom is -0.410 e. The first-order valence-electron chi connectivity index (χ1n) is 3.86. The van der Waals surface area contributed by atoms with E-state index in [1.165, 1.54) is 7.05 Å². The van der Waals surface area contributed by atoms with E-state index in [1.54, 1.807) is 6.07 Å². The molecule has 0 saturated heterocycles. The van der Waals surface area contributed by atoms with E-state index in [0.29, 0.717) is 11.5 Å². The van der Waals surface area contributed by atoms with Gasteiger partial charge in [0.05, 0.1) is 0 Å². The van der Waals surface area contributed by atoms with Crippen molar-refractivity contribution in [1.82, 2.24) is 5.32 Å². The number of hydrogen-bond acceptors (Lipinski definition) is 3. The second-order valence-electron chi connectivity index (χ2n) is 2.41. The van der Waals surface area contributed by atoms with E-state index in [-0.39, 0.29) is 0 Å². The highest BCUT2D eigenvalue weighted by Crippen LogP contribution is 2.19. The lowest BCUT2D eigenvalue weighted by Crippen LogP contribution is -2.22. The summed E-state index contributed by atoms with van der Waals surface area (Å²) in [6.07, 6.45) is -0.464. The summed E-state index contributed by atoms with van der Waals surface area (Å²) in [6, 6.07) is 7.29. The zero-order chi connectivity index (χ0) is 9.68. The number of carbonyl (C=O) groups excluding carboxylic acids is 1. The number of thiol groups is 1. The molecule has 1 amide bonds. The molecule has 3 nitrogen and oxygen atoms in total. The minimum absolute atomic E-state index is 0.464. The highest BCUT2D eigenvalue weighted by Gasteiger charge is 2.04. The maximum atomic E-state index is 10.9. The zero-order valence-corrected chi connectivity index (χ0v) is 8.17. The fourth-order valence-corrected chi connectivity index (χ4v) is 1.15. The first-order chi connectivity index (χ1) is 6.27. The highest BCUT2D eigenvalue weighted by atomic mass is 32.1. The monoisotopic (exact) mass is 197 g/mol. The molecule has 0 aliphatic carbocycles. The van der Waals surface area contributed by atoms with Crippen LogP contribution in [-0.4, -0.2) is 13.1 Å². The molecule has 1 rings (SSSR count). The lowest BCUT2D eigenvalue weighted by molar-refractivity contribution is 0.202. The van der Waals surface area contributed by atoms with E-state index in [0.717, 1.165) is 5.56 Å². The number of nitrogens with one attached hydrogen (secondary N) is 1. The number of benzene rings is 1. The van der Waals surface area contributed by atoms with Crippen LogP contribution < -0.4 is 10.1 Å². The van der Waals surface area contributed by atoms with Crippen molar-refractivity contribution in [3.8, 4) is 5.75 Å². The topological polar surface area (TPSA) is 38.3 Å². The second kappa shape index (κ2) is 4.77. The number of ether oxygens (including phenoxy) is 1. The number of amides is 1. The van der Waals surface area contributed by atoms with Crippen LogP contribution in [0.1, 0.15) is 5.56 Å². The fraction of sp³-hybridized carbons (Fsp3) is 0.222. The Morgan fingerprint density at radius 2 is 2.23 bits per heavy atom. The molecule has 0 fully saturated rings. The van der Waals surface area contributed by atoms with E-state index >= 15 is 0 Å². The van der Waals surface area contributed by atoms with Gasteiger partial charge in [-0.3, -0.25) is 0 Å². The van der Waals surface area contributed by atoms with Gasteiger partial charge in [0.15, 0.2) is 0 Å². The summed E-state index contributed by atoms with van der Waals surface area (Å²) >= 11 is 4.12. The van der Waals surface area contributed by atoms with Crippen molar-refractivity contribution in [2.75, 3.05) is 7.05 Å². The summed E-state index contributed by atoms with van der Waals surface area (Å²) in [5.74, 6) is 1.10. The molecule has 13 heavy (non-hydrogen) atoms. The highest BCUT2D eigenvalue weighted by molar-refractivity contribution is 7.79. The van der Waals surface area contributed by atoms with Gasteiger partial charge in [-0.1, -0.05) is 18.2 Å². The molecule has 0 aliphatic rings. The Bertz CT molecular complexity index is 301. The molecule has 0 atom stereocenters. The van der Waals surface area contributed by atoms with Crippen LogP contribution in [0, 0.1) is 0 Å². The average Bonchev–Trinajstić information content (AvgIpc) is 2.18. The number of hydrogen-bond donors (Lipinski definition) is 2. The molecule has 0 saturated carbocycles. The molecule has 1 aromatic carbocycles. The van der Waals surface area contributed by atoms with Crippen LogP contribution in [-0.2, 0) is 5.75 Å². The van der Waals surface area contributed by atoms with Crippen LogP contribution in [0.5, 0.6) is 5.75 Å². The summed E-state index contributed by atoms with van der Waals surface area (Å²) in [6.45, 7) is 0. The molecule has 0 bridgehead atoms. The van der Waals surface area contributed by atoms with E-state index < -0.39 is 6.09 Å².